The number of alkyl carbamates (subject to hydrolysis) is 1. The Balaban J connectivity index is 1.22. The lowest BCUT2D eigenvalue weighted by Crippen LogP contribution is -2.51. The van der Waals surface area contributed by atoms with Crippen molar-refractivity contribution in [3.8, 4) is 11.1 Å². The Hall–Kier alpha value is -3.35. The van der Waals surface area contributed by atoms with Gasteiger partial charge in [-0.2, -0.15) is 0 Å². The zero-order valence-corrected chi connectivity index (χ0v) is 18.3. The minimum atomic E-state index is -0.931. The van der Waals surface area contributed by atoms with Gasteiger partial charge in [0.15, 0.2) is 0 Å². The number of fused-ring (bicyclic) bond motifs is 3. The summed E-state index contributed by atoms with van der Waals surface area (Å²) in [5, 5.41) is 14.8. The van der Waals surface area contributed by atoms with Crippen LogP contribution in [0.5, 0.6) is 0 Å². The Bertz CT molecular complexity index is 1030. The van der Waals surface area contributed by atoms with Crippen LogP contribution < -0.4 is 10.6 Å². The van der Waals surface area contributed by atoms with Crippen molar-refractivity contribution in [2.75, 3.05) is 6.61 Å². The summed E-state index contributed by atoms with van der Waals surface area (Å²) < 4.78 is 5.60. The normalized spacial score (nSPS) is 18.5. The van der Waals surface area contributed by atoms with Crippen LogP contribution >= 0.6 is 0 Å². The second kappa shape index (κ2) is 8.89. The number of nitrogens with one attached hydrogen (secondary N) is 2. The van der Waals surface area contributed by atoms with Crippen molar-refractivity contribution in [1.82, 2.24) is 10.6 Å². The predicted molar refractivity (Wildman–Crippen MR) is 122 cm³/mol. The zero-order valence-electron chi connectivity index (χ0n) is 18.3. The van der Waals surface area contributed by atoms with E-state index < -0.39 is 18.1 Å². The van der Waals surface area contributed by atoms with Crippen LogP contribution in [0.4, 0.5) is 4.79 Å². The van der Waals surface area contributed by atoms with E-state index in [-0.39, 0.29) is 42.7 Å². The Morgan fingerprint density at radius 2 is 1.45 bits per heavy atom. The number of carboxylic acids is 1. The summed E-state index contributed by atoms with van der Waals surface area (Å²) in [6.07, 6.45) is 2.84. The van der Waals surface area contributed by atoms with Gasteiger partial charge in [-0.3, -0.25) is 9.59 Å². The standard InChI is InChI=1S/C26H28N2O5/c29-23(30)13-22(15-9-10-15)27-25(31)24(16-11-12-16)28-26(32)33-14-21-19-7-3-1-5-17(19)18-6-2-4-8-20(18)21/h1-8,15-16,21-22,24H,9-14H2,(H,27,31)(H,28,32)(H,29,30). The lowest BCUT2D eigenvalue weighted by Gasteiger charge is -2.23. The van der Waals surface area contributed by atoms with Crippen molar-refractivity contribution >= 4 is 18.0 Å². The number of aliphatic carboxylic acids is 1. The van der Waals surface area contributed by atoms with E-state index in [0.717, 1.165) is 47.9 Å². The number of ether oxygens (including phenoxy) is 1. The zero-order chi connectivity index (χ0) is 22.9. The molecule has 0 aromatic heterocycles. The fourth-order valence-electron chi connectivity index (χ4n) is 4.89. The molecular formula is C26H28N2O5. The molecule has 3 aliphatic carbocycles. The lowest BCUT2D eigenvalue weighted by molar-refractivity contribution is -0.138. The van der Waals surface area contributed by atoms with Gasteiger partial charge in [-0.05, 0) is 59.8 Å². The third kappa shape index (κ3) is 4.72. The maximum atomic E-state index is 12.9. The molecule has 0 aliphatic heterocycles. The fraction of sp³-hybridized carbons (Fsp3) is 0.423. The van der Waals surface area contributed by atoms with Crippen LogP contribution in [0.15, 0.2) is 48.5 Å². The SMILES string of the molecule is O=C(O)CC(NC(=O)C(NC(=O)OCC1c2ccccc2-c2ccccc21)C1CC1)C1CC1. The Morgan fingerprint density at radius 3 is 2.00 bits per heavy atom. The van der Waals surface area contributed by atoms with Gasteiger partial charge in [0.25, 0.3) is 0 Å². The van der Waals surface area contributed by atoms with Gasteiger partial charge in [0, 0.05) is 12.0 Å². The number of carbonyl (C=O) groups excluding carboxylic acids is 2. The van der Waals surface area contributed by atoms with Gasteiger partial charge >= 0.3 is 12.1 Å². The lowest BCUT2D eigenvalue weighted by atomic mass is 9.98. The summed E-state index contributed by atoms with van der Waals surface area (Å²) in [6, 6.07) is 15.2. The number of amides is 2. The van der Waals surface area contributed by atoms with E-state index in [1.165, 1.54) is 0 Å². The maximum Gasteiger partial charge on any atom is 0.407 e. The summed E-state index contributed by atoms with van der Waals surface area (Å²) >= 11 is 0. The number of rotatable bonds is 9. The summed E-state index contributed by atoms with van der Waals surface area (Å²) in [4.78, 5) is 36.7. The molecule has 0 bridgehead atoms. The highest BCUT2D eigenvalue weighted by Crippen LogP contribution is 2.44. The molecular weight excluding hydrogens is 420 g/mol. The highest BCUT2D eigenvalue weighted by atomic mass is 16.5. The first-order valence-electron chi connectivity index (χ1n) is 11.6. The van der Waals surface area contributed by atoms with Crippen molar-refractivity contribution in [3.63, 3.8) is 0 Å². The molecule has 3 N–H and O–H groups in total. The highest BCUT2D eigenvalue weighted by Gasteiger charge is 2.41. The third-order valence-corrected chi connectivity index (χ3v) is 6.91. The fourth-order valence-corrected chi connectivity index (χ4v) is 4.89. The van der Waals surface area contributed by atoms with Gasteiger partial charge in [-0.25, -0.2) is 4.79 Å². The van der Waals surface area contributed by atoms with E-state index in [0.29, 0.717) is 0 Å². The van der Waals surface area contributed by atoms with Crippen LogP contribution in [0.25, 0.3) is 11.1 Å². The number of carbonyl (C=O) groups is 3. The second-order valence-electron chi connectivity index (χ2n) is 9.34. The molecule has 0 saturated heterocycles. The highest BCUT2D eigenvalue weighted by molar-refractivity contribution is 5.87. The smallest absolute Gasteiger partial charge is 0.407 e. The Labute approximate surface area is 192 Å². The van der Waals surface area contributed by atoms with Crippen LogP contribution in [-0.4, -0.2) is 41.8 Å². The second-order valence-corrected chi connectivity index (χ2v) is 9.34. The van der Waals surface area contributed by atoms with Crippen molar-refractivity contribution in [3.05, 3.63) is 59.7 Å². The van der Waals surface area contributed by atoms with Gasteiger partial charge in [0.2, 0.25) is 5.91 Å². The minimum absolute atomic E-state index is 0.0498. The van der Waals surface area contributed by atoms with Crippen molar-refractivity contribution < 1.29 is 24.2 Å². The molecule has 2 atom stereocenters. The van der Waals surface area contributed by atoms with Crippen LogP contribution in [0.2, 0.25) is 0 Å². The van der Waals surface area contributed by atoms with Crippen molar-refractivity contribution in [2.45, 2.75) is 50.1 Å². The van der Waals surface area contributed by atoms with Gasteiger partial charge in [0.1, 0.15) is 12.6 Å². The summed E-state index contributed by atoms with van der Waals surface area (Å²) in [7, 11) is 0. The number of hydrogen-bond acceptors (Lipinski definition) is 4. The topological polar surface area (TPSA) is 105 Å². The van der Waals surface area contributed by atoms with Crippen LogP contribution in [-0.2, 0) is 14.3 Å². The molecule has 172 valence electrons. The molecule has 2 fully saturated rings. The van der Waals surface area contributed by atoms with Crippen LogP contribution in [0.3, 0.4) is 0 Å². The maximum absolute atomic E-state index is 12.9. The van der Waals surface area contributed by atoms with E-state index >= 15 is 0 Å². The van der Waals surface area contributed by atoms with E-state index in [2.05, 4.69) is 34.9 Å². The van der Waals surface area contributed by atoms with Crippen molar-refractivity contribution in [1.29, 1.82) is 0 Å². The van der Waals surface area contributed by atoms with E-state index in [9.17, 15) is 14.4 Å². The Kier molecular flexibility index (Phi) is 5.79. The van der Waals surface area contributed by atoms with Crippen LogP contribution in [0.1, 0.15) is 49.1 Å². The molecule has 7 heteroatoms. The average molecular weight is 449 g/mol. The van der Waals surface area contributed by atoms with Gasteiger partial charge in [0.05, 0.1) is 6.42 Å². The molecule has 5 rings (SSSR count). The van der Waals surface area contributed by atoms with Gasteiger partial charge in [-0.1, -0.05) is 48.5 Å². The van der Waals surface area contributed by atoms with Crippen molar-refractivity contribution in [2.24, 2.45) is 11.8 Å². The first-order valence-corrected chi connectivity index (χ1v) is 11.6. The molecule has 3 aliphatic rings. The molecule has 0 heterocycles. The number of benzene rings is 2. The van der Waals surface area contributed by atoms with Gasteiger partial charge in [-0.15, -0.1) is 0 Å². The Morgan fingerprint density at radius 1 is 0.879 bits per heavy atom. The molecule has 7 nitrogen and oxygen atoms in total. The number of carboxylic acid groups (broad SMARTS) is 1. The quantitative estimate of drug-likeness (QED) is 0.543. The van der Waals surface area contributed by atoms with E-state index in [1.807, 2.05) is 24.3 Å². The first-order chi connectivity index (χ1) is 16.0. The average Bonchev–Trinajstić information content (AvgIpc) is 3.72. The molecule has 0 radical (unpaired) electrons. The third-order valence-electron chi connectivity index (χ3n) is 6.91. The van der Waals surface area contributed by atoms with E-state index in [4.69, 9.17) is 9.84 Å². The minimum Gasteiger partial charge on any atom is -0.481 e. The molecule has 2 aromatic carbocycles. The molecule has 2 unspecified atom stereocenters. The molecule has 2 aromatic rings. The summed E-state index contributed by atoms with van der Waals surface area (Å²) in [6.45, 7) is 0.183. The van der Waals surface area contributed by atoms with Gasteiger partial charge < -0.3 is 20.5 Å². The largest absolute Gasteiger partial charge is 0.481 e. The molecule has 33 heavy (non-hydrogen) atoms. The molecule has 0 spiro atoms. The first kappa shape index (κ1) is 21.5. The monoisotopic (exact) mass is 448 g/mol. The van der Waals surface area contributed by atoms with E-state index in [1.54, 1.807) is 0 Å². The molecule has 2 amide bonds. The summed E-state index contributed by atoms with van der Waals surface area (Å²) in [5.74, 6) is -1.02. The van der Waals surface area contributed by atoms with Crippen LogP contribution in [0, 0.1) is 11.8 Å². The number of hydrogen-bond donors (Lipinski definition) is 3. The predicted octanol–water partition coefficient (Wildman–Crippen LogP) is 3.67. The molecule has 2 saturated carbocycles. The summed E-state index contributed by atoms with van der Waals surface area (Å²) in [5.41, 5.74) is 4.57.